The Morgan fingerprint density at radius 1 is 1.39 bits per heavy atom. The molecule has 0 atom stereocenters. The van der Waals surface area contributed by atoms with Gasteiger partial charge >= 0.3 is 0 Å². The molecule has 1 aromatic heterocycles. The zero-order chi connectivity index (χ0) is 13.1. The van der Waals surface area contributed by atoms with E-state index in [9.17, 15) is 8.78 Å². The second-order valence-corrected chi connectivity index (χ2v) is 4.71. The first kappa shape index (κ1) is 13.1. The lowest BCUT2D eigenvalue weighted by Crippen LogP contribution is -2.33. The van der Waals surface area contributed by atoms with E-state index in [1.54, 1.807) is 7.05 Å². The Morgan fingerprint density at radius 2 is 2.11 bits per heavy atom. The first-order valence-electron chi connectivity index (χ1n) is 6.44. The van der Waals surface area contributed by atoms with E-state index < -0.39 is 11.6 Å². The van der Waals surface area contributed by atoms with Crippen LogP contribution in [0.1, 0.15) is 26.2 Å². The highest BCUT2D eigenvalue weighted by Gasteiger charge is 2.23. The van der Waals surface area contributed by atoms with Gasteiger partial charge in [0, 0.05) is 26.2 Å². The van der Waals surface area contributed by atoms with Crippen molar-refractivity contribution in [3.8, 4) is 0 Å². The molecule has 0 spiro atoms. The Morgan fingerprint density at radius 3 is 2.61 bits per heavy atom. The van der Waals surface area contributed by atoms with Crippen LogP contribution < -0.4 is 10.2 Å². The molecule has 0 unspecified atom stereocenters. The predicted molar refractivity (Wildman–Crippen MR) is 68.9 cm³/mol. The Balaban J connectivity index is 2.22. The molecule has 0 amide bonds. The van der Waals surface area contributed by atoms with Crippen LogP contribution in [0.15, 0.2) is 6.07 Å². The fraction of sp³-hybridized carbons (Fsp3) is 0.615. The maximum atomic E-state index is 13.8. The van der Waals surface area contributed by atoms with Crippen molar-refractivity contribution in [2.45, 2.75) is 26.2 Å². The summed E-state index contributed by atoms with van der Waals surface area (Å²) in [6, 6.07) is 0.900. The van der Waals surface area contributed by atoms with Crippen LogP contribution in [-0.4, -0.2) is 25.1 Å². The first-order chi connectivity index (χ1) is 8.65. The highest BCUT2D eigenvalue weighted by atomic mass is 19.1. The van der Waals surface area contributed by atoms with E-state index in [1.165, 1.54) is 19.3 Å². The van der Waals surface area contributed by atoms with Crippen LogP contribution in [0.4, 0.5) is 20.4 Å². The quantitative estimate of drug-likeness (QED) is 0.876. The van der Waals surface area contributed by atoms with E-state index in [1.807, 2.05) is 11.8 Å². The standard InChI is InChI=1S/C13H19F2N3/c1-3-18(8-9-5-4-6-9)13-11(15)7-10(14)12(16-2)17-13/h7,9H,3-6,8H2,1-2H3,(H,16,17). The summed E-state index contributed by atoms with van der Waals surface area (Å²) in [5, 5.41) is 2.64. The molecule has 0 aliphatic heterocycles. The first-order valence-corrected chi connectivity index (χ1v) is 6.44. The van der Waals surface area contributed by atoms with Crippen LogP contribution in [-0.2, 0) is 0 Å². The number of anilines is 2. The SMILES string of the molecule is CCN(CC1CCC1)c1nc(NC)c(F)cc1F. The van der Waals surface area contributed by atoms with Gasteiger partial charge < -0.3 is 10.2 Å². The number of rotatable bonds is 5. The zero-order valence-corrected chi connectivity index (χ0v) is 10.8. The molecule has 5 heteroatoms. The van der Waals surface area contributed by atoms with Gasteiger partial charge in [-0.2, -0.15) is 0 Å². The number of nitrogens with one attached hydrogen (secondary N) is 1. The van der Waals surface area contributed by atoms with Crippen LogP contribution in [0.3, 0.4) is 0 Å². The predicted octanol–water partition coefficient (Wildman–Crippen LogP) is 3.03. The number of halogens is 2. The Labute approximate surface area is 106 Å². The Hall–Kier alpha value is -1.39. The van der Waals surface area contributed by atoms with Gasteiger partial charge in [-0.25, -0.2) is 13.8 Å². The molecule has 1 aliphatic carbocycles. The molecule has 1 N–H and O–H groups in total. The molecule has 0 aromatic carbocycles. The molecular formula is C13H19F2N3. The third-order valence-electron chi connectivity index (χ3n) is 3.53. The van der Waals surface area contributed by atoms with Gasteiger partial charge in [-0.15, -0.1) is 0 Å². The summed E-state index contributed by atoms with van der Waals surface area (Å²) >= 11 is 0. The second kappa shape index (κ2) is 5.50. The van der Waals surface area contributed by atoms with Crippen molar-refractivity contribution >= 4 is 11.6 Å². The van der Waals surface area contributed by atoms with Crippen molar-refractivity contribution in [3.05, 3.63) is 17.7 Å². The molecule has 1 aromatic rings. The number of aromatic nitrogens is 1. The average Bonchev–Trinajstić information content (AvgIpc) is 2.29. The van der Waals surface area contributed by atoms with Crippen LogP contribution in [0.25, 0.3) is 0 Å². The topological polar surface area (TPSA) is 28.2 Å². The van der Waals surface area contributed by atoms with Gasteiger partial charge in [0.25, 0.3) is 0 Å². The molecular weight excluding hydrogens is 236 g/mol. The van der Waals surface area contributed by atoms with E-state index in [4.69, 9.17) is 0 Å². The molecule has 100 valence electrons. The normalized spacial score (nSPS) is 15.3. The van der Waals surface area contributed by atoms with Gasteiger partial charge in [0.2, 0.25) is 0 Å². The monoisotopic (exact) mass is 255 g/mol. The minimum Gasteiger partial charge on any atom is -0.371 e. The molecule has 1 saturated carbocycles. The summed E-state index contributed by atoms with van der Waals surface area (Å²) in [7, 11) is 1.58. The van der Waals surface area contributed by atoms with Gasteiger partial charge in [0.1, 0.15) is 0 Å². The molecule has 0 bridgehead atoms. The molecule has 1 heterocycles. The zero-order valence-electron chi connectivity index (χ0n) is 10.8. The molecule has 0 radical (unpaired) electrons. The van der Waals surface area contributed by atoms with Crippen molar-refractivity contribution in [3.63, 3.8) is 0 Å². The van der Waals surface area contributed by atoms with Crippen molar-refractivity contribution in [1.82, 2.24) is 4.98 Å². The van der Waals surface area contributed by atoms with E-state index in [0.717, 1.165) is 12.6 Å². The number of pyridine rings is 1. The van der Waals surface area contributed by atoms with Gasteiger partial charge in [0.15, 0.2) is 23.3 Å². The summed E-state index contributed by atoms with van der Waals surface area (Å²) in [5.74, 6) is -0.283. The van der Waals surface area contributed by atoms with E-state index in [-0.39, 0.29) is 11.6 Å². The number of nitrogens with zero attached hydrogens (tertiary/aromatic N) is 2. The summed E-state index contributed by atoms with van der Waals surface area (Å²) in [6.45, 7) is 3.44. The van der Waals surface area contributed by atoms with Gasteiger partial charge in [0.05, 0.1) is 0 Å². The molecule has 0 saturated heterocycles. The van der Waals surface area contributed by atoms with Crippen molar-refractivity contribution in [2.75, 3.05) is 30.4 Å². The second-order valence-electron chi connectivity index (χ2n) is 4.71. The highest BCUT2D eigenvalue weighted by molar-refractivity contribution is 5.49. The van der Waals surface area contributed by atoms with Crippen molar-refractivity contribution in [1.29, 1.82) is 0 Å². The maximum absolute atomic E-state index is 13.8. The lowest BCUT2D eigenvalue weighted by molar-refractivity contribution is 0.317. The van der Waals surface area contributed by atoms with Crippen LogP contribution in [0.2, 0.25) is 0 Å². The largest absolute Gasteiger partial charge is 0.371 e. The minimum absolute atomic E-state index is 0.0958. The lowest BCUT2D eigenvalue weighted by atomic mass is 9.85. The smallest absolute Gasteiger partial charge is 0.168 e. The molecule has 2 rings (SSSR count). The summed E-state index contributed by atoms with van der Waals surface area (Å²) in [4.78, 5) is 5.93. The van der Waals surface area contributed by atoms with Crippen LogP contribution in [0, 0.1) is 17.6 Å². The number of hydrogen-bond donors (Lipinski definition) is 1. The summed E-state index contributed by atoms with van der Waals surface area (Å²) < 4.78 is 27.2. The summed E-state index contributed by atoms with van der Waals surface area (Å²) in [5.41, 5.74) is 0. The van der Waals surface area contributed by atoms with Gasteiger partial charge in [-0.1, -0.05) is 6.42 Å². The van der Waals surface area contributed by atoms with Crippen molar-refractivity contribution in [2.24, 2.45) is 5.92 Å². The van der Waals surface area contributed by atoms with Crippen LogP contribution >= 0.6 is 0 Å². The third-order valence-corrected chi connectivity index (χ3v) is 3.53. The Bertz CT molecular complexity index is 419. The third kappa shape index (κ3) is 2.54. The minimum atomic E-state index is -0.654. The van der Waals surface area contributed by atoms with Gasteiger partial charge in [-0.05, 0) is 25.7 Å². The van der Waals surface area contributed by atoms with E-state index >= 15 is 0 Å². The molecule has 1 fully saturated rings. The number of hydrogen-bond acceptors (Lipinski definition) is 3. The van der Waals surface area contributed by atoms with Crippen molar-refractivity contribution < 1.29 is 8.78 Å². The summed E-state index contributed by atoms with van der Waals surface area (Å²) in [6.07, 6.45) is 3.64. The molecule has 3 nitrogen and oxygen atoms in total. The maximum Gasteiger partial charge on any atom is 0.168 e. The lowest BCUT2D eigenvalue weighted by Gasteiger charge is -2.32. The highest BCUT2D eigenvalue weighted by Crippen LogP contribution is 2.30. The Kier molecular flexibility index (Phi) is 3.99. The van der Waals surface area contributed by atoms with Gasteiger partial charge in [-0.3, -0.25) is 0 Å². The fourth-order valence-corrected chi connectivity index (χ4v) is 2.21. The fourth-order valence-electron chi connectivity index (χ4n) is 2.21. The van der Waals surface area contributed by atoms with E-state index in [2.05, 4.69) is 10.3 Å². The van der Waals surface area contributed by atoms with E-state index in [0.29, 0.717) is 12.5 Å². The average molecular weight is 255 g/mol. The van der Waals surface area contributed by atoms with Crippen LogP contribution in [0.5, 0.6) is 0 Å². The molecule has 18 heavy (non-hydrogen) atoms. The molecule has 1 aliphatic rings.